The van der Waals surface area contributed by atoms with Crippen LogP contribution in [0.2, 0.25) is 0 Å². The molecule has 0 aliphatic heterocycles. The molecule has 1 amide bonds. The van der Waals surface area contributed by atoms with Gasteiger partial charge in [0.05, 0.1) is 0 Å². The van der Waals surface area contributed by atoms with E-state index in [9.17, 15) is 18.0 Å². The molecule has 88 valence electrons. The van der Waals surface area contributed by atoms with Crippen molar-refractivity contribution in [2.24, 2.45) is 0 Å². The van der Waals surface area contributed by atoms with Gasteiger partial charge in [-0.2, -0.15) is 13.2 Å². The lowest BCUT2D eigenvalue weighted by Crippen LogP contribution is -2.21. The Balaban J connectivity index is 2.74. The second-order valence-corrected chi connectivity index (χ2v) is 3.59. The van der Waals surface area contributed by atoms with Crippen molar-refractivity contribution in [3.63, 3.8) is 0 Å². The van der Waals surface area contributed by atoms with Crippen molar-refractivity contribution in [2.45, 2.75) is 26.4 Å². The Morgan fingerprint density at radius 2 is 1.94 bits per heavy atom. The summed E-state index contributed by atoms with van der Waals surface area (Å²) in [5, 5.41) is 2.25. The highest BCUT2D eigenvalue weighted by Gasteiger charge is 2.31. The smallest absolute Gasteiger partial charge is 0.326 e. The van der Waals surface area contributed by atoms with Crippen LogP contribution in [0.4, 0.5) is 18.9 Å². The van der Waals surface area contributed by atoms with E-state index in [0.29, 0.717) is 5.69 Å². The number of aryl methyl sites for hydroxylation is 1. The molecule has 1 aromatic carbocycles. The summed E-state index contributed by atoms with van der Waals surface area (Å²) in [7, 11) is 0. The molecule has 1 rings (SSSR count). The van der Waals surface area contributed by atoms with Gasteiger partial charge in [-0.1, -0.05) is 12.1 Å². The first-order chi connectivity index (χ1) is 7.29. The van der Waals surface area contributed by atoms with Crippen molar-refractivity contribution >= 4 is 11.6 Å². The quantitative estimate of drug-likeness (QED) is 0.832. The van der Waals surface area contributed by atoms with Gasteiger partial charge in [0.15, 0.2) is 0 Å². The third-order valence-corrected chi connectivity index (χ3v) is 2.24. The number of rotatable bonds is 2. The average Bonchev–Trinajstić information content (AvgIpc) is 2.09. The summed E-state index contributed by atoms with van der Waals surface area (Å²) in [5.41, 5.74) is 2.12. The maximum Gasteiger partial charge on any atom is 0.397 e. The SMILES string of the molecule is Cc1cccc(NC(=O)CC(F)(F)F)c1C. The number of amides is 1. The highest BCUT2D eigenvalue weighted by Crippen LogP contribution is 2.22. The standard InChI is InChI=1S/C11H12F3NO/c1-7-4-3-5-9(8(7)2)15-10(16)6-11(12,13)14/h3-5H,6H2,1-2H3,(H,15,16). The third kappa shape index (κ3) is 3.56. The first kappa shape index (κ1) is 12.5. The van der Waals surface area contributed by atoms with Crippen LogP contribution in [-0.2, 0) is 4.79 Å². The van der Waals surface area contributed by atoms with Gasteiger partial charge in [0.25, 0.3) is 0 Å². The predicted octanol–water partition coefficient (Wildman–Crippen LogP) is 3.19. The summed E-state index contributed by atoms with van der Waals surface area (Å²) < 4.78 is 35.8. The molecule has 0 atom stereocenters. The van der Waals surface area contributed by atoms with Crippen molar-refractivity contribution in [1.82, 2.24) is 0 Å². The van der Waals surface area contributed by atoms with E-state index in [4.69, 9.17) is 0 Å². The Labute approximate surface area is 91.5 Å². The van der Waals surface area contributed by atoms with E-state index in [-0.39, 0.29) is 0 Å². The number of hydrogen-bond donors (Lipinski definition) is 1. The summed E-state index contributed by atoms with van der Waals surface area (Å²) in [6.07, 6.45) is -5.93. The van der Waals surface area contributed by atoms with Gasteiger partial charge in [0.2, 0.25) is 5.91 Å². The van der Waals surface area contributed by atoms with E-state index in [0.717, 1.165) is 11.1 Å². The maximum atomic E-state index is 11.9. The fraction of sp³-hybridized carbons (Fsp3) is 0.364. The molecular weight excluding hydrogens is 219 g/mol. The first-order valence-corrected chi connectivity index (χ1v) is 4.72. The number of carbonyl (C=O) groups excluding carboxylic acids is 1. The number of anilines is 1. The van der Waals surface area contributed by atoms with E-state index in [1.807, 2.05) is 13.0 Å². The summed E-state index contributed by atoms with van der Waals surface area (Å²) in [5.74, 6) is -1.04. The van der Waals surface area contributed by atoms with E-state index in [2.05, 4.69) is 5.32 Å². The Morgan fingerprint density at radius 1 is 1.31 bits per heavy atom. The second-order valence-electron chi connectivity index (χ2n) is 3.59. The van der Waals surface area contributed by atoms with Gasteiger partial charge in [-0.3, -0.25) is 4.79 Å². The lowest BCUT2D eigenvalue weighted by molar-refractivity contribution is -0.150. The van der Waals surface area contributed by atoms with Gasteiger partial charge in [0.1, 0.15) is 6.42 Å². The Hall–Kier alpha value is -1.52. The Morgan fingerprint density at radius 3 is 2.50 bits per heavy atom. The molecule has 0 saturated carbocycles. The molecule has 0 unspecified atom stereocenters. The van der Waals surface area contributed by atoms with Gasteiger partial charge in [-0.25, -0.2) is 0 Å². The minimum Gasteiger partial charge on any atom is -0.326 e. The Bertz CT molecular complexity index is 399. The van der Waals surface area contributed by atoms with Crippen LogP contribution < -0.4 is 5.32 Å². The molecule has 0 aromatic heterocycles. The summed E-state index contributed by atoms with van der Waals surface area (Å²) >= 11 is 0. The maximum absolute atomic E-state index is 11.9. The van der Waals surface area contributed by atoms with Crippen LogP contribution in [0, 0.1) is 13.8 Å². The zero-order chi connectivity index (χ0) is 12.3. The van der Waals surface area contributed by atoms with Crippen LogP contribution in [0.25, 0.3) is 0 Å². The van der Waals surface area contributed by atoms with Crippen molar-refractivity contribution in [3.8, 4) is 0 Å². The molecule has 5 heteroatoms. The van der Waals surface area contributed by atoms with Crippen molar-refractivity contribution in [2.75, 3.05) is 5.32 Å². The van der Waals surface area contributed by atoms with E-state index in [1.54, 1.807) is 19.1 Å². The minimum atomic E-state index is -4.47. The molecule has 0 aliphatic carbocycles. The number of nitrogens with one attached hydrogen (secondary N) is 1. The molecule has 1 N–H and O–H groups in total. The molecule has 16 heavy (non-hydrogen) atoms. The molecule has 0 radical (unpaired) electrons. The predicted molar refractivity (Wildman–Crippen MR) is 55.2 cm³/mol. The molecule has 0 heterocycles. The topological polar surface area (TPSA) is 29.1 Å². The van der Waals surface area contributed by atoms with Gasteiger partial charge in [0, 0.05) is 5.69 Å². The fourth-order valence-corrected chi connectivity index (χ4v) is 1.26. The highest BCUT2D eigenvalue weighted by molar-refractivity contribution is 5.92. The van der Waals surface area contributed by atoms with Gasteiger partial charge in [-0.05, 0) is 31.0 Å². The van der Waals surface area contributed by atoms with Crippen molar-refractivity contribution in [3.05, 3.63) is 29.3 Å². The number of benzene rings is 1. The van der Waals surface area contributed by atoms with Crippen LogP contribution in [0.3, 0.4) is 0 Å². The van der Waals surface area contributed by atoms with Crippen molar-refractivity contribution < 1.29 is 18.0 Å². The zero-order valence-electron chi connectivity index (χ0n) is 8.98. The van der Waals surface area contributed by atoms with Gasteiger partial charge >= 0.3 is 6.18 Å². The molecule has 0 spiro atoms. The van der Waals surface area contributed by atoms with Crippen LogP contribution in [0.1, 0.15) is 17.5 Å². The Kier molecular flexibility index (Phi) is 3.57. The molecule has 0 aliphatic rings. The fourth-order valence-electron chi connectivity index (χ4n) is 1.26. The minimum absolute atomic E-state index is 0.425. The number of hydrogen-bond acceptors (Lipinski definition) is 1. The highest BCUT2D eigenvalue weighted by atomic mass is 19.4. The summed E-state index contributed by atoms with van der Waals surface area (Å²) in [6, 6.07) is 5.09. The van der Waals surface area contributed by atoms with E-state index < -0.39 is 18.5 Å². The summed E-state index contributed by atoms with van der Waals surface area (Å²) in [6.45, 7) is 3.58. The van der Waals surface area contributed by atoms with E-state index in [1.165, 1.54) is 0 Å². The number of alkyl halides is 3. The molecule has 0 bridgehead atoms. The molecule has 0 saturated heterocycles. The van der Waals surface area contributed by atoms with Gasteiger partial charge in [-0.15, -0.1) is 0 Å². The van der Waals surface area contributed by atoms with Crippen LogP contribution in [-0.4, -0.2) is 12.1 Å². The monoisotopic (exact) mass is 231 g/mol. The van der Waals surface area contributed by atoms with Gasteiger partial charge < -0.3 is 5.32 Å². The third-order valence-electron chi connectivity index (χ3n) is 2.24. The van der Waals surface area contributed by atoms with E-state index >= 15 is 0 Å². The first-order valence-electron chi connectivity index (χ1n) is 4.72. The lowest BCUT2D eigenvalue weighted by Gasteiger charge is -2.11. The van der Waals surface area contributed by atoms with Crippen LogP contribution in [0.5, 0.6) is 0 Å². The largest absolute Gasteiger partial charge is 0.397 e. The van der Waals surface area contributed by atoms with Crippen LogP contribution >= 0.6 is 0 Å². The molecule has 0 fully saturated rings. The van der Waals surface area contributed by atoms with Crippen molar-refractivity contribution in [1.29, 1.82) is 0 Å². The molecular formula is C11H12F3NO. The second kappa shape index (κ2) is 4.55. The molecule has 1 aromatic rings. The number of halogens is 3. The molecule has 2 nitrogen and oxygen atoms in total. The normalized spacial score (nSPS) is 11.3. The lowest BCUT2D eigenvalue weighted by atomic mass is 10.1. The average molecular weight is 231 g/mol. The number of carbonyl (C=O) groups is 1. The summed E-state index contributed by atoms with van der Waals surface area (Å²) in [4.78, 5) is 11.1. The zero-order valence-corrected chi connectivity index (χ0v) is 8.98. The van der Waals surface area contributed by atoms with Crippen LogP contribution in [0.15, 0.2) is 18.2 Å².